The lowest BCUT2D eigenvalue weighted by Crippen LogP contribution is -2.37. The Morgan fingerprint density at radius 1 is 0.556 bits per heavy atom. The third-order valence-corrected chi connectivity index (χ3v) is 7.80. The van der Waals surface area contributed by atoms with Crippen LogP contribution in [0, 0.1) is 0 Å². The first-order valence-electron chi connectivity index (χ1n) is 16.0. The van der Waals surface area contributed by atoms with E-state index in [-0.39, 0.29) is 0 Å². The molecule has 0 radical (unpaired) electrons. The molecule has 0 atom stereocenters. The molecule has 2 rings (SSSR count). The molecule has 0 fully saturated rings. The summed E-state index contributed by atoms with van der Waals surface area (Å²) in [6, 6.07) is 11.0. The molecule has 36 heavy (non-hydrogen) atoms. The molecule has 0 aliphatic heterocycles. The Kier molecular flexibility index (Phi) is 18.3. The van der Waals surface area contributed by atoms with Gasteiger partial charge in [-0.05, 0) is 31.2 Å². The van der Waals surface area contributed by atoms with Crippen LogP contribution >= 0.6 is 0 Å². The Labute approximate surface area is 224 Å². The number of hydrogen-bond acceptors (Lipinski definition) is 0. The van der Waals surface area contributed by atoms with Crippen molar-refractivity contribution < 1.29 is 4.57 Å². The fraction of sp³-hybridized carbons (Fsp3) is 0.735. The Bertz CT molecular complexity index is 733. The summed E-state index contributed by atoms with van der Waals surface area (Å²) in [5, 5.41) is 0. The van der Waals surface area contributed by atoms with Gasteiger partial charge in [0.15, 0.2) is 0 Å². The van der Waals surface area contributed by atoms with Crippen molar-refractivity contribution >= 4 is 0 Å². The van der Waals surface area contributed by atoms with E-state index in [1.165, 1.54) is 146 Å². The van der Waals surface area contributed by atoms with Gasteiger partial charge in [-0.2, -0.15) is 0 Å². The van der Waals surface area contributed by atoms with Gasteiger partial charge >= 0.3 is 0 Å². The molecule has 1 aromatic carbocycles. The Morgan fingerprint density at radius 2 is 1.03 bits per heavy atom. The van der Waals surface area contributed by atoms with Crippen molar-refractivity contribution in [2.45, 2.75) is 162 Å². The van der Waals surface area contributed by atoms with Crippen LogP contribution in [0.25, 0.3) is 0 Å². The number of unbranched alkanes of at least 4 members (excludes halogenated alkanes) is 18. The molecule has 2 heteroatoms. The number of nitrogens with zero attached hydrogens (tertiary/aromatic N) is 2. The summed E-state index contributed by atoms with van der Waals surface area (Å²) in [5.74, 6) is 1.48. The van der Waals surface area contributed by atoms with Gasteiger partial charge in [-0.3, -0.25) is 0 Å². The molecule has 0 spiro atoms. The van der Waals surface area contributed by atoms with E-state index in [1.807, 2.05) is 0 Å². The van der Waals surface area contributed by atoms with E-state index in [0.717, 1.165) is 13.0 Å². The second kappa shape index (κ2) is 21.5. The topological polar surface area (TPSA) is 8.81 Å². The van der Waals surface area contributed by atoms with E-state index in [1.54, 1.807) is 0 Å². The summed E-state index contributed by atoms with van der Waals surface area (Å²) in [5.41, 5.74) is 1.42. The van der Waals surface area contributed by atoms with E-state index >= 15 is 0 Å². The maximum atomic E-state index is 2.54. The van der Waals surface area contributed by atoms with Crippen molar-refractivity contribution in [3.05, 3.63) is 54.1 Å². The lowest BCUT2D eigenvalue weighted by molar-refractivity contribution is -0.703. The highest BCUT2D eigenvalue weighted by molar-refractivity contribution is 5.18. The molecule has 0 amide bonds. The number of aromatic nitrogens is 2. The fourth-order valence-corrected chi connectivity index (χ4v) is 5.43. The molecule has 2 aromatic rings. The first kappa shape index (κ1) is 30.7. The lowest BCUT2D eigenvalue weighted by atomic mass is 10.0. The van der Waals surface area contributed by atoms with Crippen LogP contribution in [-0.4, -0.2) is 4.57 Å². The molecule has 0 saturated heterocycles. The van der Waals surface area contributed by atoms with Crippen LogP contribution in [0.15, 0.2) is 42.7 Å². The highest BCUT2D eigenvalue weighted by atomic mass is 15.1. The zero-order valence-corrected chi connectivity index (χ0v) is 24.2. The number of hydrogen-bond donors (Lipinski definition) is 0. The van der Waals surface area contributed by atoms with E-state index in [4.69, 9.17) is 0 Å². The third-order valence-electron chi connectivity index (χ3n) is 7.80. The predicted molar refractivity (Wildman–Crippen MR) is 158 cm³/mol. The highest BCUT2D eigenvalue weighted by Crippen LogP contribution is 2.14. The Hall–Kier alpha value is -1.57. The first-order valence-corrected chi connectivity index (χ1v) is 16.0. The van der Waals surface area contributed by atoms with E-state index < -0.39 is 0 Å². The third kappa shape index (κ3) is 14.2. The van der Waals surface area contributed by atoms with Crippen molar-refractivity contribution in [2.24, 2.45) is 0 Å². The lowest BCUT2D eigenvalue weighted by Gasteiger charge is -2.07. The second-order valence-corrected chi connectivity index (χ2v) is 11.1. The summed E-state index contributed by atoms with van der Waals surface area (Å²) < 4.78 is 5.06. The average Bonchev–Trinajstić information content (AvgIpc) is 3.28. The monoisotopic (exact) mass is 495 g/mol. The normalized spacial score (nSPS) is 11.4. The van der Waals surface area contributed by atoms with E-state index in [9.17, 15) is 0 Å². The fourth-order valence-electron chi connectivity index (χ4n) is 5.43. The summed E-state index contributed by atoms with van der Waals surface area (Å²) in [6.45, 7) is 6.93. The molecule has 0 aliphatic carbocycles. The minimum Gasteiger partial charge on any atom is -0.234 e. The van der Waals surface area contributed by atoms with Crippen molar-refractivity contribution in [2.75, 3.05) is 0 Å². The quantitative estimate of drug-likeness (QED) is 0.101. The maximum absolute atomic E-state index is 2.54. The molecular formula is C34H59N2+. The minimum atomic E-state index is 1.04. The molecule has 1 heterocycles. The minimum absolute atomic E-state index is 1.04. The first-order chi connectivity index (χ1) is 17.8. The molecular weight excluding hydrogens is 436 g/mol. The van der Waals surface area contributed by atoms with Crippen LogP contribution in [0.4, 0.5) is 0 Å². The highest BCUT2D eigenvalue weighted by Gasteiger charge is 2.17. The average molecular weight is 496 g/mol. The van der Waals surface area contributed by atoms with Crippen molar-refractivity contribution in [3.8, 4) is 0 Å². The molecule has 0 N–H and O–H groups in total. The number of rotatable bonds is 24. The predicted octanol–water partition coefficient (Wildman–Crippen LogP) is 10.2. The zero-order chi connectivity index (χ0) is 25.5. The van der Waals surface area contributed by atoms with Crippen LogP contribution in [0.5, 0.6) is 0 Å². The zero-order valence-electron chi connectivity index (χ0n) is 24.2. The molecule has 204 valence electrons. The van der Waals surface area contributed by atoms with Gasteiger partial charge < -0.3 is 0 Å². The van der Waals surface area contributed by atoms with Crippen LogP contribution in [0.2, 0.25) is 0 Å². The van der Waals surface area contributed by atoms with Crippen LogP contribution < -0.4 is 4.57 Å². The smallest absolute Gasteiger partial charge is 0.234 e. The largest absolute Gasteiger partial charge is 0.260 e. The Morgan fingerprint density at radius 3 is 1.56 bits per heavy atom. The van der Waals surface area contributed by atoms with E-state index in [2.05, 4.69) is 65.7 Å². The van der Waals surface area contributed by atoms with Gasteiger partial charge in [0.05, 0.1) is 19.5 Å². The Balaban J connectivity index is 1.56. The standard InChI is InChI=1S/C34H59N2/c1-3-5-7-9-10-11-12-13-14-15-16-17-18-19-20-25-29-36-31-30-35(28-24-8-6-4-2)34(36)32-33-26-22-21-23-27-33/h21-23,26-27,30-31H,3-20,24-25,28-29,32H2,1-2H3/q+1. The van der Waals surface area contributed by atoms with Crippen molar-refractivity contribution in [1.82, 2.24) is 4.57 Å². The van der Waals surface area contributed by atoms with Crippen LogP contribution in [-0.2, 0) is 19.5 Å². The number of aryl methyl sites for hydroxylation is 2. The van der Waals surface area contributed by atoms with Crippen molar-refractivity contribution in [3.63, 3.8) is 0 Å². The van der Waals surface area contributed by atoms with Gasteiger partial charge in [-0.15, -0.1) is 0 Å². The van der Waals surface area contributed by atoms with Crippen molar-refractivity contribution in [1.29, 1.82) is 0 Å². The molecule has 0 saturated carbocycles. The maximum Gasteiger partial charge on any atom is 0.260 e. The molecule has 0 unspecified atom stereocenters. The second-order valence-electron chi connectivity index (χ2n) is 11.1. The summed E-state index contributed by atoms with van der Waals surface area (Å²) in [4.78, 5) is 0. The van der Waals surface area contributed by atoms with Crippen LogP contribution in [0.3, 0.4) is 0 Å². The van der Waals surface area contributed by atoms with Gasteiger partial charge in [0.25, 0.3) is 5.82 Å². The van der Waals surface area contributed by atoms with Crippen LogP contribution in [0.1, 0.15) is 154 Å². The number of benzene rings is 1. The number of imidazole rings is 1. The summed E-state index contributed by atoms with van der Waals surface area (Å²) >= 11 is 0. The van der Waals surface area contributed by atoms with Gasteiger partial charge in [0.1, 0.15) is 12.4 Å². The van der Waals surface area contributed by atoms with Gasteiger partial charge in [-0.1, -0.05) is 147 Å². The summed E-state index contributed by atoms with van der Waals surface area (Å²) in [6.07, 6.45) is 33.9. The molecule has 0 bridgehead atoms. The summed E-state index contributed by atoms with van der Waals surface area (Å²) in [7, 11) is 0. The van der Waals surface area contributed by atoms with Gasteiger partial charge in [0.2, 0.25) is 0 Å². The molecule has 2 nitrogen and oxygen atoms in total. The van der Waals surface area contributed by atoms with Gasteiger partial charge in [0, 0.05) is 0 Å². The molecule has 1 aromatic heterocycles. The van der Waals surface area contributed by atoms with E-state index in [0.29, 0.717) is 0 Å². The van der Waals surface area contributed by atoms with Gasteiger partial charge in [-0.25, -0.2) is 9.13 Å². The molecule has 0 aliphatic rings. The SMILES string of the molecule is CCCCCCCCCCCCCCCCCC[n+]1ccn(CCCCCC)c1Cc1ccccc1.